The summed E-state index contributed by atoms with van der Waals surface area (Å²) in [5.41, 5.74) is 3.54. The van der Waals surface area contributed by atoms with E-state index in [-0.39, 0.29) is 0 Å². The third-order valence-corrected chi connectivity index (χ3v) is 3.13. The standard InChI is InChI=1S/C13H16BrN3/c1-9-12(17-13(16-9)8-15-2)7-10-4-3-5-11(14)6-10/h3-6,15H,7-8H2,1-2H3,(H,16,17). The van der Waals surface area contributed by atoms with Crippen molar-refractivity contribution in [3.63, 3.8) is 0 Å². The molecule has 0 unspecified atom stereocenters. The van der Waals surface area contributed by atoms with Crippen molar-refractivity contribution in [2.24, 2.45) is 0 Å². The molecular formula is C13H16BrN3. The van der Waals surface area contributed by atoms with Crippen LogP contribution in [0.5, 0.6) is 0 Å². The number of rotatable bonds is 4. The Balaban J connectivity index is 2.18. The van der Waals surface area contributed by atoms with Gasteiger partial charge in [0.2, 0.25) is 0 Å². The molecule has 0 amide bonds. The highest BCUT2D eigenvalue weighted by molar-refractivity contribution is 9.10. The van der Waals surface area contributed by atoms with Gasteiger partial charge in [-0.25, -0.2) is 4.98 Å². The van der Waals surface area contributed by atoms with Gasteiger partial charge in [-0.2, -0.15) is 0 Å². The molecule has 1 aromatic carbocycles. The van der Waals surface area contributed by atoms with Crippen molar-refractivity contribution in [3.05, 3.63) is 51.5 Å². The fourth-order valence-corrected chi connectivity index (χ4v) is 2.27. The van der Waals surface area contributed by atoms with E-state index in [9.17, 15) is 0 Å². The summed E-state index contributed by atoms with van der Waals surface area (Å²) in [6.07, 6.45) is 0.867. The first-order chi connectivity index (χ1) is 8.19. The first-order valence-corrected chi connectivity index (χ1v) is 6.41. The van der Waals surface area contributed by atoms with Crippen molar-refractivity contribution in [1.82, 2.24) is 15.3 Å². The average Bonchev–Trinajstić information content (AvgIpc) is 2.60. The lowest BCUT2D eigenvalue weighted by atomic mass is 10.1. The van der Waals surface area contributed by atoms with Crippen LogP contribution >= 0.6 is 15.9 Å². The van der Waals surface area contributed by atoms with E-state index in [1.807, 2.05) is 13.1 Å². The molecule has 4 heteroatoms. The van der Waals surface area contributed by atoms with Gasteiger partial charge < -0.3 is 10.3 Å². The highest BCUT2D eigenvalue weighted by Gasteiger charge is 2.07. The van der Waals surface area contributed by atoms with Crippen molar-refractivity contribution < 1.29 is 0 Å². The number of H-pyrrole nitrogens is 1. The fraction of sp³-hybridized carbons (Fsp3) is 0.308. The van der Waals surface area contributed by atoms with Crippen molar-refractivity contribution in [2.45, 2.75) is 19.9 Å². The zero-order valence-electron chi connectivity index (χ0n) is 10.0. The Bertz CT molecular complexity index is 505. The average molecular weight is 294 g/mol. The summed E-state index contributed by atoms with van der Waals surface area (Å²) in [5, 5.41) is 3.10. The van der Waals surface area contributed by atoms with Crippen LogP contribution in [0.3, 0.4) is 0 Å². The molecule has 90 valence electrons. The maximum atomic E-state index is 4.59. The topological polar surface area (TPSA) is 40.7 Å². The molecule has 2 N–H and O–H groups in total. The maximum Gasteiger partial charge on any atom is 0.120 e. The van der Waals surface area contributed by atoms with Gasteiger partial charge in [0.05, 0.1) is 12.2 Å². The third kappa shape index (κ3) is 3.17. The number of benzene rings is 1. The summed E-state index contributed by atoms with van der Waals surface area (Å²) in [4.78, 5) is 7.89. The number of nitrogens with zero attached hydrogens (tertiary/aromatic N) is 1. The van der Waals surface area contributed by atoms with Crippen LogP contribution in [0.15, 0.2) is 28.7 Å². The summed E-state index contributed by atoms with van der Waals surface area (Å²) in [7, 11) is 1.92. The van der Waals surface area contributed by atoms with Crippen LogP contribution in [0.2, 0.25) is 0 Å². The molecule has 1 heterocycles. The lowest BCUT2D eigenvalue weighted by Gasteiger charge is -2.00. The van der Waals surface area contributed by atoms with Crippen molar-refractivity contribution in [1.29, 1.82) is 0 Å². The number of hydrogen-bond donors (Lipinski definition) is 2. The van der Waals surface area contributed by atoms with E-state index in [2.05, 4.69) is 56.3 Å². The second kappa shape index (κ2) is 5.47. The highest BCUT2D eigenvalue weighted by Crippen LogP contribution is 2.16. The lowest BCUT2D eigenvalue weighted by Crippen LogP contribution is -2.06. The van der Waals surface area contributed by atoms with Gasteiger partial charge in [-0.15, -0.1) is 0 Å². The molecule has 0 fully saturated rings. The van der Waals surface area contributed by atoms with Gasteiger partial charge in [-0.1, -0.05) is 28.1 Å². The van der Waals surface area contributed by atoms with Crippen LogP contribution in [0.25, 0.3) is 0 Å². The number of aromatic nitrogens is 2. The molecule has 17 heavy (non-hydrogen) atoms. The van der Waals surface area contributed by atoms with E-state index in [1.54, 1.807) is 0 Å². The first-order valence-electron chi connectivity index (χ1n) is 5.62. The van der Waals surface area contributed by atoms with Gasteiger partial charge in [-0.3, -0.25) is 0 Å². The van der Waals surface area contributed by atoms with E-state index >= 15 is 0 Å². The molecule has 0 saturated heterocycles. The van der Waals surface area contributed by atoms with Crippen LogP contribution in [0.4, 0.5) is 0 Å². The summed E-state index contributed by atoms with van der Waals surface area (Å²) in [6, 6.07) is 8.34. The van der Waals surface area contributed by atoms with Crippen molar-refractivity contribution in [2.75, 3.05) is 7.05 Å². The van der Waals surface area contributed by atoms with Gasteiger partial charge in [-0.05, 0) is 31.7 Å². The minimum Gasteiger partial charge on any atom is -0.345 e. The van der Waals surface area contributed by atoms with Gasteiger partial charge in [0, 0.05) is 16.6 Å². The second-order valence-corrected chi connectivity index (χ2v) is 5.01. The van der Waals surface area contributed by atoms with Gasteiger partial charge in [0.15, 0.2) is 0 Å². The van der Waals surface area contributed by atoms with Gasteiger partial charge in [0.1, 0.15) is 5.82 Å². The summed E-state index contributed by atoms with van der Waals surface area (Å²) in [6.45, 7) is 2.85. The van der Waals surface area contributed by atoms with Crippen molar-refractivity contribution in [3.8, 4) is 0 Å². The van der Waals surface area contributed by atoms with Crippen molar-refractivity contribution >= 4 is 15.9 Å². The Kier molecular flexibility index (Phi) is 3.97. The number of nitrogens with one attached hydrogen (secondary N) is 2. The molecule has 0 saturated carbocycles. The molecule has 3 nitrogen and oxygen atoms in total. The van der Waals surface area contributed by atoms with Crippen LogP contribution < -0.4 is 5.32 Å². The molecule has 0 radical (unpaired) electrons. The quantitative estimate of drug-likeness (QED) is 0.910. The maximum absolute atomic E-state index is 4.59. The molecular weight excluding hydrogens is 278 g/mol. The number of hydrogen-bond acceptors (Lipinski definition) is 2. The zero-order chi connectivity index (χ0) is 12.3. The zero-order valence-corrected chi connectivity index (χ0v) is 11.6. The molecule has 0 spiro atoms. The molecule has 0 aliphatic rings. The molecule has 0 bridgehead atoms. The Labute approximate surface area is 110 Å². The smallest absolute Gasteiger partial charge is 0.120 e. The number of imidazole rings is 1. The Hall–Kier alpha value is -1.13. The Morgan fingerprint density at radius 2 is 2.24 bits per heavy atom. The minimum absolute atomic E-state index is 0.777. The number of aromatic amines is 1. The number of aryl methyl sites for hydroxylation is 1. The van der Waals surface area contributed by atoms with Crippen LogP contribution in [0, 0.1) is 6.92 Å². The molecule has 2 aromatic rings. The van der Waals surface area contributed by atoms with E-state index in [0.717, 1.165) is 34.7 Å². The summed E-state index contributed by atoms with van der Waals surface area (Å²) < 4.78 is 1.11. The van der Waals surface area contributed by atoms with Crippen LogP contribution in [0.1, 0.15) is 22.8 Å². The number of halogens is 1. The fourth-order valence-electron chi connectivity index (χ4n) is 1.83. The van der Waals surface area contributed by atoms with E-state index in [0.29, 0.717) is 0 Å². The highest BCUT2D eigenvalue weighted by atomic mass is 79.9. The summed E-state index contributed by atoms with van der Waals surface area (Å²) >= 11 is 3.49. The molecule has 0 aliphatic heterocycles. The van der Waals surface area contributed by atoms with Crippen LogP contribution in [-0.2, 0) is 13.0 Å². The molecule has 2 rings (SSSR count). The molecule has 0 atom stereocenters. The summed E-state index contributed by atoms with van der Waals surface area (Å²) in [5.74, 6) is 0.995. The normalized spacial score (nSPS) is 10.8. The Morgan fingerprint density at radius 3 is 2.94 bits per heavy atom. The SMILES string of the molecule is CNCc1nc(Cc2cccc(Br)c2)c(C)[nH]1. The minimum atomic E-state index is 0.777. The third-order valence-electron chi connectivity index (χ3n) is 2.64. The van der Waals surface area contributed by atoms with Gasteiger partial charge in [0.25, 0.3) is 0 Å². The molecule has 1 aromatic heterocycles. The molecule has 0 aliphatic carbocycles. The van der Waals surface area contributed by atoms with Crippen LogP contribution in [-0.4, -0.2) is 17.0 Å². The van der Waals surface area contributed by atoms with E-state index in [4.69, 9.17) is 0 Å². The van der Waals surface area contributed by atoms with Gasteiger partial charge >= 0.3 is 0 Å². The second-order valence-electron chi connectivity index (χ2n) is 4.09. The predicted octanol–water partition coefficient (Wildman–Crippen LogP) is 2.79. The monoisotopic (exact) mass is 293 g/mol. The van der Waals surface area contributed by atoms with E-state index < -0.39 is 0 Å². The van der Waals surface area contributed by atoms with E-state index in [1.165, 1.54) is 5.56 Å². The lowest BCUT2D eigenvalue weighted by molar-refractivity contribution is 0.768. The largest absolute Gasteiger partial charge is 0.345 e. The predicted molar refractivity (Wildman–Crippen MR) is 73.0 cm³/mol. The first kappa shape index (κ1) is 12.3. The Morgan fingerprint density at radius 1 is 1.41 bits per heavy atom.